The summed E-state index contributed by atoms with van der Waals surface area (Å²) in [6.45, 7) is 6.69. The number of carbonyl (C=O) groups is 2. The minimum Gasteiger partial charge on any atom is -0.355 e. The molecular weight excluding hydrogens is 352 g/mol. The summed E-state index contributed by atoms with van der Waals surface area (Å²) >= 11 is 0. The van der Waals surface area contributed by atoms with Crippen LogP contribution < -0.4 is 10.6 Å². The van der Waals surface area contributed by atoms with Gasteiger partial charge in [0, 0.05) is 12.1 Å². The normalized spacial score (nSPS) is 12.0. The van der Waals surface area contributed by atoms with Crippen LogP contribution in [0.15, 0.2) is 48.5 Å². The molecule has 6 heteroatoms. The molecule has 1 atom stereocenters. The van der Waals surface area contributed by atoms with E-state index in [1.54, 1.807) is 12.1 Å². The van der Waals surface area contributed by atoms with Crippen molar-refractivity contribution < 1.29 is 9.59 Å². The third kappa shape index (κ3) is 4.39. The van der Waals surface area contributed by atoms with Gasteiger partial charge >= 0.3 is 0 Å². The molecular formula is C22H26N4O2. The summed E-state index contributed by atoms with van der Waals surface area (Å²) in [4.78, 5) is 29.6. The van der Waals surface area contributed by atoms with Gasteiger partial charge in [0.05, 0.1) is 17.1 Å². The highest BCUT2D eigenvalue weighted by Crippen LogP contribution is 2.21. The number of nitrogens with one attached hydrogen (secondary N) is 2. The van der Waals surface area contributed by atoms with Crippen LogP contribution in [0.3, 0.4) is 0 Å². The van der Waals surface area contributed by atoms with E-state index >= 15 is 0 Å². The van der Waals surface area contributed by atoms with E-state index in [2.05, 4.69) is 15.6 Å². The Morgan fingerprint density at radius 3 is 2.54 bits per heavy atom. The van der Waals surface area contributed by atoms with Gasteiger partial charge in [-0.3, -0.25) is 9.59 Å². The molecule has 0 aliphatic carbocycles. The SMILES string of the molecule is CCCNC(=O)Cn1c(C(C)NC(=O)c2ccc(C)cc2)nc2ccccc21. The quantitative estimate of drug-likeness (QED) is 0.662. The molecule has 0 aliphatic heterocycles. The zero-order valence-electron chi connectivity index (χ0n) is 16.5. The van der Waals surface area contributed by atoms with Crippen LogP contribution in [-0.4, -0.2) is 27.9 Å². The second kappa shape index (κ2) is 8.69. The predicted octanol–water partition coefficient (Wildman–Crippen LogP) is 3.36. The third-order valence-corrected chi connectivity index (χ3v) is 4.61. The van der Waals surface area contributed by atoms with Gasteiger partial charge in [-0.25, -0.2) is 4.98 Å². The van der Waals surface area contributed by atoms with E-state index in [0.717, 1.165) is 23.0 Å². The first-order chi connectivity index (χ1) is 13.5. The van der Waals surface area contributed by atoms with Crippen molar-refractivity contribution in [2.24, 2.45) is 0 Å². The van der Waals surface area contributed by atoms with Crippen molar-refractivity contribution >= 4 is 22.8 Å². The lowest BCUT2D eigenvalue weighted by Gasteiger charge is -2.16. The van der Waals surface area contributed by atoms with Gasteiger partial charge < -0.3 is 15.2 Å². The number of para-hydroxylation sites is 2. The van der Waals surface area contributed by atoms with Gasteiger partial charge in [0.15, 0.2) is 0 Å². The Bertz CT molecular complexity index is 976. The number of aromatic nitrogens is 2. The number of hydrogen-bond acceptors (Lipinski definition) is 3. The van der Waals surface area contributed by atoms with E-state index in [-0.39, 0.29) is 24.4 Å². The number of carbonyl (C=O) groups excluding carboxylic acids is 2. The molecule has 2 amide bonds. The number of fused-ring (bicyclic) bond motifs is 1. The smallest absolute Gasteiger partial charge is 0.251 e. The van der Waals surface area contributed by atoms with Gasteiger partial charge in [-0.15, -0.1) is 0 Å². The summed E-state index contributed by atoms with van der Waals surface area (Å²) in [7, 11) is 0. The van der Waals surface area contributed by atoms with Crippen LogP contribution in [-0.2, 0) is 11.3 Å². The van der Waals surface area contributed by atoms with E-state index in [1.165, 1.54) is 0 Å². The summed E-state index contributed by atoms with van der Waals surface area (Å²) in [5.74, 6) is 0.429. The lowest BCUT2D eigenvalue weighted by atomic mass is 10.1. The molecule has 1 unspecified atom stereocenters. The number of nitrogens with zero attached hydrogens (tertiary/aromatic N) is 2. The maximum absolute atomic E-state index is 12.6. The fourth-order valence-corrected chi connectivity index (χ4v) is 3.10. The molecule has 0 saturated carbocycles. The van der Waals surface area contributed by atoms with E-state index < -0.39 is 0 Å². The molecule has 2 N–H and O–H groups in total. The number of benzene rings is 2. The van der Waals surface area contributed by atoms with E-state index in [0.29, 0.717) is 17.9 Å². The Hall–Kier alpha value is -3.15. The fourth-order valence-electron chi connectivity index (χ4n) is 3.10. The summed E-state index contributed by atoms with van der Waals surface area (Å²) in [6, 6.07) is 14.8. The number of rotatable bonds is 7. The molecule has 3 rings (SSSR count). The number of hydrogen-bond donors (Lipinski definition) is 2. The van der Waals surface area contributed by atoms with Crippen LogP contribution >= 0.6 is 0 Å². The van der Waals surface area contributed by atoms with Gasteiger partial charge in [0.25, 0.3) is 5.91 Å². The van der Waals surface area contributed by atoms with Crippen molar-refractivity contribution in [2.75, 3.05) is 6.54 Å². The molecule has 1 heterocycles. The average Bonchev–Trinajstić information content (AvgIpc) is 3.05. The Morgan fingerprint density at radius 1 is 1.11 bits per heavy atom. The van der Waals surface area contributed by atoms with Crippen LogP contribution in [0, 0.1) is 6.92 Å². The lowest BCUT2D eigenvalue weighted by molar-refractivity contribution is -0.121. The van der Waals surface area contributed by atoms with Crippen LogP contribution in [0.2, 0.25) is 0 Å². The van der Waals surface area contributed by atoms with Crippen molar-refractivity contribution in [2.45, 2.75) is 39.8 Å². The molecule has 146 valence electrons. The predicted molar refractivity (Wildman–Crippen MR) is 110 cm³/mol. The fraction of sp³-hybridized carbons (Fsp3) is 0.318. The summed E-state index contributed by atoms with van der Waals surface area (Å²) in [6.07, 6.45) is 0.881. The molecule has 0 aliphatic rings. The standard InChI is InChI=1S/C22H26N4O2/c1-4-13-23-20(27)14-26-19-8-6-5-7-18(19)25-21(26)16(3)24-22(28)17-11-9-15(2)10-12-17/h5-12,16H,4,13-14H2,1-3H3,(H,23,27)(H,24,28). The highest BCUT2D eigenvalue weighted by atomic mass is 16.2. The maximum Gasteiger partial charge on any atom is 0.251 e. The van der Waals surface area contributed by atoms with Crippen LogP contribution in [0.4, 0.5) is 0 Å². The second-order valence-corrected chi connectivity index (χ2v) is 6.96. The molecule has 0 saturated heterocycles. The molecule has 3 aromatic rings. The average molecular weight is 378 g/mol. The number of aryl methyl sites for hydroxylation is 1. The highest BCUT2D eigenvalue weighted by molar-refractivity contribution is 5.94. The van der Waals surface area contributed by atoms with E-state index in [4.69, 9.17) is 0 Å². The highest BCUT2D eigenvalue weighted by Gasteiger charge is 2.20. The van der Waals surface area contributed by atoms with Gasteiger partial charge in [-0.1, -0.05) is 36.8 Å². The van der Waals surface area contributed by atoms with Crippen LogP contribution in [0.25, 0.3) is 11.0 Å². The molecule has 6 nitrogen and oxygen atoms in total. The Labute approximate surface area is 165 Å². The Morgan fingerprint density at radius 2 is 1.82 bits per heavy atom. The first-order valence-electron chi connectivity index (χ1n) is 9.59. The minimum atomic E-state index is -0.347. The Balaban J connectivity index is 1.86. The van der Waals surface area contributed by atoms with Crippen molar-refractivity contribution in [1.82, 2.24) is 20.2 Å². The third-order valence-electron chi connectivity index (χ3n) is 4.61. The second-order valence-electron chi connectivity index (χ2n) is 6.96. The first-order valence-corrected chi connectivity index (χ1v) is 9.59. The van der Waals surface area contributed by atoms with Gasteiger partial charge in [-0.05, 0) is 44.5 Å². The zero-order chi connectivity index (χ0) is 20.1. The minimum absolute atomic E-state index is 0.0664. The summed E-state index contributed by atoms with van der Waals surface area (Å²) in [5.41, 5.74) is 3.38. The van der Waals surface area contributed by atoms with Crippen molar-refractivity contribution in [3.8, 4) is 0 Å². The lowest BCUT2D eigenvalue weighted by Crippen LogP contribution is -2.32. The van der Waals surface area contributed by atoms with Gasteiger partial charge in [-0.2, -0.15) is 0 Å². The zero-order valence-corrected chi connectivity index (χ0v) is 16.5. The molecule has 0 fully saturated rings. The largest absolute Gasteiger partial charge is 0.355 e. The van der Waals surface area contributed by atoms with Gasteiger partial charge in [0.2, 0.25) is 5.91 Å². The number of amides is 2. The molecule has 0 spiro atoms. The van der Waals surface area contributed by atoms with E-state index in [9.17, 15) is 9.59 Å². The molecule has 1 aromatic heterocycles. The summed E-state index contributed by atoms with van der Waals surface area (Å²) < 4.78 is 1.88. The van der Waals surface area contributed by atoms with Crippen molar-refractivity contribution in [3.05, 3.63) is 65.5 Å². The van der Waals surface area contributed by atoms with Crippen molar-refractivity contribution in [3.63, 3.8) is 0 Å². The van der Waals surface area contributed by atoms with E-state index in [1.807, 2.05) is 61.7 Å². The topological polar surface area (TPSA) is 76.0 Å². The number of imidazole rings is 1. The maximum atomic E-state index is 12.6. The monoisotopic (exact) mass is 378 g/mol. The van der Waals surface area contributed by atoms with Crippen LogP contribution in [0.1, 0.15) is 48.1 Å². The molecule has 28 heavy (non-hydrogen) atoms. The molecule has 0 radical (unpaired) electrons. The molecule has 0 bridgehead atoms. The van der Waals surface area contributed by atoms with Gasteiger partial charge in [0.1, 0.15) is 12.4 Å². The van der Waals surface area contributed by atoms with Crippen LogP contribution in [0.5, 0.6) is 0 Å². The Kier molecular flexibility index (Phi) is 6.09. The molecule has 2 aromatic carbocycles. The van der Waals surface area contributed by atoms with Crippen molar-refractivity contribution in [1.29, 1.82) is 0 Å². The summed E-state index contributed by atoms with van der Waals surface area (Å²) in [5, 5.41) is 5.89. The first kappa shape index (κ1) is 19.6.